The van der Waals surface area contributed by atoms with E-state index in [-0.39, 0.29) is 0 Å². The lowest BCUT2D eigenvalue weighted by atomic mass is 10.3. The number of hydrogen-bond donors (Lipinski definition) is 2. The van der Waals surface area contributed by atoms with Crippen molar-refractivity contribution in [3.05, 3.63) is 24.1 Å². The number of rotatable bonds is 3. The molecule has 0 aliphatic rings. The van der Waals surface area contributed by atoms with Crippen LogP contribution in [0.25, 0.3) is 11.1 Å². The highest BCUT2D eigenvalue weighted by atomic mass is 16.3. The number of benzene rings is 1. The predicted octanol–water partition coefficient (Wildman–Crippen LogP) is 1.52. The molecule has 2 rings (SSSR count). The number of fused-ring (bicyclic) bond motifs is 1. The van der Waals surface area contributed by atoms with E-state index in [1.165, 1.54) is 0 Å². The van der Waals surface area contributed by atoms with Gasteiger partial charge in [0.15, 0.2) is 5.58 Å². The average Bonchev–Trinajstić information content (AvgIpc) is 2.56. The van der Waals surface area contributed by atoms with E-state index in [4.69, 9.17) is 10.2 Å². The zero-order chi connectivity index (χ0) is 9.97. The third-order valence-electron chi connectivity index (χ3n) is 1.98. The van der Waals surface area contributed by atoms with Crippen LogP contribution < -0.4 is 11.1 Å². The summed E-state index contributed by atoms with van der Waals surface area (Å²) < 4.78 is 5.50. The summed E-state index contributed by atoms with van der Waals surface area (Å²) in [4.78, 5) is 4.30. The number of aromatic nitrogens is 1. The van der Waals surface area contributed by atoms with Crippen LogP contribution in [0.5, 0.6) is 0 Å². The average molecular weight is 191 g/mol. The lowest BCUT2D eigenvalue weighted by Crippen LogP contribution is -2.11. The summed E-state index contributed by atoms with van der Waals surface area (Å²) in [5.41, 5.74) is 7.95. The number of oxazole rings is 1. The third-order valence-corrected chi connectivity index (χ3v) is 1.98. The van der Waals surface area contributed by atoms with E-state index in [0.29, 0.717) is 18.1 Å². The smallest absolute Gasteiger partial charge is 0.209 e. The molecule has 1 aromatic carbocycles. The Hall–Kier alpha value is -1.55. The van der Waals surface area contributed by atoms with Gasteiger partial charge in [0, 0.05) is 5.69 Å². The highest BCUT2D eigenvalue weighted by molar-refractivity contribution is 5.76. The van der Waals surface area contributed by atoms with Gasteiger partial charge in [-0.25, -0.2) is 4.98 Å². The Balaban J connectivity index is 2.32. The van der Waals surface area contributed by atoms with Gasteiger partial charge in [-0.3, -0.25) is 0 Å². The number of hydrogen-bond acceptors (Lipinski definition) is 4. The van der Waals surface area contributed by atoms with Crippen LogP contribution in [0.4, 0.5) is 5.69 Å². The summed E-state index contributed by atoms with van der Waals surface area (Å²) in [7, 11) is 0. The summed E-state index contributed by atoms with van der Waals surface area (Å²) in [6, 6.07) is 5.46. The molecule has 4 heteroatoms. The number of nitrogens with two attached hydrogens (primary N) is 1. The Labute approximate surface area is 82.1 Å². The molecule has 0 bridgehead atoms. The van der Waals surface area contributed by atoms with Crippen LogP contribution >= 0.6 is 0 Å². The SMILES string of the molecule is CCNCc1nc2cc(N)ccc2o1. The molecule has 0 spiro atoms. The fourth-order valence-corrected chi connectivity index (χ4v) is 1.30. The van der Waals surface area contributed by atoms with Crippen molar-refractivity contribution in [3.8, 4) is 0 Å². The van der Waals surface area contributed by atoms with Crippen LogP contribution in [0.3, 0.4) is 0 Å². The molecule has 0 saturated carbocycles. The second-order valence-corrected chi connectivity index (χ2v) is 3.12. The minimum Gasteiger partial charge on any atom is -0.439 e. The first-order valence-electron chi connectivity index (χ1n) is 4.65. The number of nitrogens with zero attached hydrogens (tertiary/aromatic N) is 1. The Kier molecular flexibility index (Phi) is 2.37. The number of nitrogen functional groups attached to an aromatic ring is 1. The highest BCUT2D eigenvalue weighted by Gasteiger charge is 2.04. The molecule has 1 aromatic heterocycles. The van der Waals surface area contributed by atoms with Gasteiger partial charge in [-0.15, -0.1) is 0 Å². The second kappa shape index (κ2) is 3.67. The molecule has 74 valence electrons. The number of anilines is 1. The van der Waals surface area contributed by atoms with Crippen LogP contribution in [0.1, 0.15) is 12.8 Å². The Morgan fingerprint density at radius 1 is 1.50 bits per heavy atom. The normalized spacial score (nSPS) is 10.9. The maximum Gasteiger partial charge on any atom is 0.209 e. The fourth-order valence-electron chi connectivity index (χ4n) is 1.30. The first-order valence-corrected chi connectivity index (χ1v) is 4.65. The Morgan fingerprint density at radius 2 is 2.36 bits per heavy atom. The minimum atomic E-state index is 0.658. The van der Waals surface area contributed by atoms with E-state index >= 15 is 0 Å². The molecule has 0 saturated heterocycles. The van der Waals surface area contributed by atoms with Gasteiger partial charge in [0.05, 0.1) is 6.54 Å². The molecule has 0 unspecified atom stereocenters. The molecule has 1 heterocycles. The van der Waals surface area contributed by atoms with E-state index in [9.17, 15) is 0 Å². The van der Waals surface area contributed by atoms with Crippen LogP contribution in [0, 0.1) is 0 Å². The first-order chi connectivity index (χ1) is 6.79. The standard InChI is InChI=1S/C10H13N3O/c1-2-12-6-10-13-8-5-7(11)3-4-9(8)14-10/h3-5,12H,2,6,11H2,1H3. The Bertz CT molecular complexity index is 436. The van der Waals surface area contributed by atoms with Gasteiger partial charge in [0.2, 0.25) is 5.89 Å². The van der Waals surface area contributed by atoms with Gasteiger partial charge in [-0.2, -0.15) is 0 Å². The van der Waals surface area contributed by atoms with Gasteiger partial charge in [-0.1, -0.05) is 6.92 Å². The van der Waals surface area contributed by atoms with Gasteiger partial charge >= 0.3 is 0 Å². The van der Waals surface area contributed by atoms with Crippen molar-refractivity contribution in [2.24, 2.45) is 0 Å². The van der Waals surface area contributed by atoms with Gasteiger partial charge in [0.25, 0.3) is 0 Å². The van der Waals surface area contributed by atoms with Crippen molar-refractivity contribution in [2.45, 2.75) is 13.5 Å². The van der Waals surface area contributed by atoms with Gasteiger partial charge < -0.3 is 15.5 Å². The molecule has 0 aliphatic heterocycles. The number of nitrogens with one attached hydrogen (secondary N) is 1. The minimum absolute atomic E-state index is 0.658. The third kappa shape index (κ3) is 1.70. The topological polar surface area (TPSA) is 64.1 Å². The maximum atomic E-state index is 5.64. The van der Waals surface area contributed by atoms with Crippen molar-refractivity contribution < 1.29 is 4.42 Å². The lowest BCUT2D eigenvalue weighted by Gasteiger charge is -1.93. The molecular weight excluding hydrogens is 178 g/mol. The van der Waals surface area contributed by atoms with Crippen molar-refractivity contribution in [1.82, 2.24) is 10.3 Å². The summed E-state index contributed by atoms with van der Waals surface area (Å²) in [5.74, 6) is 0.701. The molecule has 3 N–H and O–H groups in total. The molecule has 0 amide bonds. The zero-order valence-corrected chi connectivity index (χ0v) is 8.08. The summed E-state index contributed by atoms with van der Waals surface area (Å²) in [6.45, 7) is 3.60. The molecular formula is C10H13N3O. The highest BCUT2D eigenvalue weighted by Crippen LogP contribution is 2.17. The van der Waals surface area contributed by atoms with Crippen LogP contribution in [0.15, 0.2) is 22.6 Å². The van der Waals surface area contributed by atoms with Crippen molar-refractivity contribution in [1.29, 1.82) is 0 Å². The van der Waals surface area contributed by atoms with E-state index in [1.807, 2.05) is 25.1 Å². The molecule has 2 aromatic rings. The van der Waals surface area contributed by atoms with Gasteiger partial charge in [0.1, 0.15) is 5.52 Å². The molecule has 0 fully saturated rings. The maximum absolute atomic E-state index is 5.64. The Morgan fingerprint density at radius 3 is 3.14 bits per heavy atom. The lowest BCUT2D eigenvalue weighted by molar-refractivity contribution is 0.501. The second-order valence-electron chi connectivity index (χ2n) is 3.12. The summed E-state index contributed by atoms with van der Waals surface area (Å²) >= 11 is 0. The zero-order valence-electron chi connectivity index (χ0n) is 8.08. The van der Waals surface area contributed by atoms with Crippen LogP contribution in [-0.2, 0) is 6.54 Å². The van der Waals surface area contributed by atoms with E-state index in [0.717, 1.165) is 17.6 Å². The van der Waals surface area contributed by atoms with Crippen molar-refractivity contribution in [3.63, 3.8) is 0 Å². The van der Waals surface area contributed by atoms with Crippen LogP contribution in [0.2, 0.25) is 0 Å². The molecule has 4 nitrogen and oxygen atoms in total. The summed E-state index contributed by atoms with van der Waals surface area (Å²) in [5, 5.41) is 3.15. The fraction of sp³-hybridized carbons (Fsp3) is 0.300. The molecule has 0 atom stereocenters. The van der Waals surface area contributed by atoms with E-state index < -0.39 is 0 Å². The first kappa shape index (κ1) is 9.02. The largest absolute Gasteiger partial charge is 0.439 e. The monoisotopic (exact) mass is 191 g/mol. The van der Waals surface area contributed by atoms with E-state index in [2.05, 4.69) is 10.3 Å². The molecule has 14 heavy (non-hydrogen) atoms. The van der Waals surface area contributed by atoms with Crippen molar-refractivity contribution in [2.75, 3.05) is 12.3 Å². The predicted molar refractivity (Wildman–Crippen MR) is 55.8 cm³/mol. The molecule has 0 radical (unpaired) electrons. The quantitative estimate of drug-likeness (QED) is 0.722. The van der Waals surface area contributed by atoms with Crippen molar-refractivity contribution >= 4 is 16.8 Å². The van der Waals surface area contributed by atoms with Crippen LogP contribution in [-0.4, -0.2) is 11.5 Å². The molecule has 0 aliphatic carbocycles. The summed E-state index contributed by atoms with van der Waals surface area (Å²) in [6.07, 6.45) is 0. The van der Waals surface area contributed by atoms with E-state index in [1.54, 1.807) is 0 Å². The van der Waals surface area contributed by atoms with Gasteiger partial charge in [-0.05, 0) is 24.7 Å².